The largest absolute Gasteiger partial charge is 0.481 e. The van der Waals surface area contributed by atoms with Gasteiger partial charge in [0.05, 0.1) is 18.7 Å². The molecule has 0 spiro atoms. The lowest BCUT2D eigenvalue weighted by molar-refractivity contribution is -0.136. The van der Waals surface area contributed by atoms with Crippen molar-refractivity contribution in [3.05, 3.63) is 47.8 Å². The number of carboxylic acids is 1. The van der Waals surface area contributed by atoms with Crippen LogP contribution in [0.2, 0.25) is 0 Å². The summed E-state index contributed by atoms with van der Waals surface area (Å²) in [5.74, 6) is -3.56. The van der Waals surface area contributed by atoms with Crippen molar-refractivity contribution < 1.29 is 18.7 Å². The summed E-state index contributed by atoms with van der Waals surface area (Å²) in [5.41, 5.74) is 2.10. The zero-order valence-corrected chi connectivity index (χ0v) is 11.7. The van der Waals surface area contributed by atoms with Crippen LogP contribution in [0.15, 0.2) is 36.5 Å². The van der Waals surface area contributed by atoms with Crippen LogP contribution < -0.4 is 5.32 Å². The molecule has 3 rings (SSSR count). The Labute approximate surface area is 125 Å². The van der Waals surface area contributed by atoms with Crippen LogP contribution in [0.3, 0.4) is 0 Å². The van der Waals surface area contributed by atoms with Gasteiger partial charge >= 0.3 is 5.97 Å². The van der Waals surface area contributed by atoms with Gasteiger partial charge in [-0.25, -0.2) is 8.78 Å². The maximum atomic E-state index is 13.1. The topological polar surface area (TPSA) is 67.2 Å². The SMILES string of the molecule is O=C(O)Cc1cccc(NCc2ccnn2C2CC2(F)F)c1. The van der Waals surface area contributed by atoms with Crippen molar-refractivity contribution >= 4 is 11.7 Å². The number of alkyl halides is 2. The normalized spacial score (nSPS) is 18.9. The fraction of sp³-hybridized carbons (Fsp3) is 0.333. The molecule has 1 atom stereocenters. The predicted octanol–water partition coefficient (Wildman–Crippen LogP) is 2.70. The van der Waals surface area contributed by atoms with E-state index in [0.717, 1.165) is 5.69 Å². The van der Waals surface area contributed by atoms with E-state index >= 15 is 0 Å². The van der Waals surface area contributed by atoms with E-state index in [2.05, 4.69) is 10.4 Å². The Balaban J connectivity index is 1.66. The number of nitrogens with zero attached hydrogens (tertiary/aromatic N) is 2. The number of anilines is 1. The number of halogens is 2. The van der Waals surface area contributed by atoms with Crippen molar-refractivity contribution in [3.63, 3.8) is 0 Å². The molecule has 0 radical (unpaired) electrons. The van der Waals surface area contributed by atoms with E-state index in [1.54, 1.807) is 30.3 Å². The third-order valence-corrected chi connectivity index (χ3v) is 3.60. The molecule has 1 aromatic carbocycles. The van der Waals surface area contributed by atoms with Crippen LogP contribution in [0.1, 0.15) is 23.7 Å². The van der Waals surface area contributed by atoms with Gasteiger partial charge in [0.15, 0.2) is 0 Å². The zero-order chi connectivity index (χ0) is 15.7. The highest BCUT2D eigenvalue weighted by atomic mass is 19.3. The molecule has 1 aliphatic rings. The summed E-state index contributed by atoms with van der Waals surface area (Å²) in [7, 11) is 0. The maximum absolute atomic E-state index is 13.1. The van der Waals surface area contributed by atoms with Crippen LogP contribution in [0.5, 0.6) is 0 Å². The smallest absolute Gasteiger partial charge is 0.307 e. The molecule has 1 fully saturated rings. The van der Waals surface area contributed by atoms with Crippen molar-refractivity contribution in [1.82, 2.24) is 9.78 Å². The first-order valence-electron chi connectivity index (χ1n) is 6.90. The van der Waals surface area contributed by atoms with E-state index in [0.29, 0.717) is 17.8 Å². The number of carboxylic acid groups (broad SMARTS) is 1. The van der Waals surface area contributed by atoms with Gasteiger partial charge in [-0.1, -0.05) is 12.1 Å². The molecule has 2 aromatic rings. The van der Waals surface area contributed by atoms with Crippen molar-refractivity contribution in [3.8, 4) is 0 Å². The minimum absolute atomic E-state index is 0.0538. The van der Waals surface area contributed by atoms with E-state index in [-0.39, 0.29) is 12.8 Å². The molecule has 116 valence electrons. The number of hydrogen-bond donors (Lipinski definition) is 2. The fourth-order valence-corrected chi connectivity index (χ4v) is 2.39. The second kappa shape index (κ2) is 5.40. The first-order chi connectivity index (χ1) is 10.5. The van der Waals surface area contributed by atoms with Gasteiger partial charge in [0.2, 0.25) is 0 Å². The lowest BCUT2D eigenvalue weighted by atomic mass is 10.1. The van der Waals surface area contributed by atoms with Gasteiger partial charge in [0.25, 0.3) is 5.92 Å². The van der Waals surface area contributed by atoms with Gasteiger partial charge in [-0.3, -0.25) is 9.48 Å². The zero-order valence-electron chi connectivity index (χ0n) is 11.7. The lowest BCUT2D eigenvalue weighted by Crippen LogP contribution is -2.11. The minimum atomic E-state index is -2.66. The van der Waals surface area contributed by atoms with Crippen LogP contribution >= 0.6 is 0 Å². The first-order valence-corrected chi connectivity index (χ1v) is 6.90. The Bertz CT molecular complexity index is 700. The molecule has 1 aromatic heterocycles. The van der Waals surface area contributed by atoms with Gasteiger partial charge in [-0.15, -0.1) is 0 Å². The summed E-state index contributed by atoms with van der Waals surface area (Å²) in [6.07, 6.45) is 1.28. The van der Waals surface area contributed by atoms with Gasteiger partial charge < -0.3 is 10.4 Å². The van der Waals surface area contributed by atoms with Crippen LogP contribution in [-0.4, -0.2) is 26.8 Å². The van der Waals surface area contributed by atoms with E-state index in [4.69, 9.17) is 5.11 Å². The Kier molecular flexibility index (Phi) is 3.56. The quantitative estimate of drug-likeness (QED) is 0.861. The number of rotatable bonds is 6. The van der Waals surface area contributed by atoms with Crippen LogP contribution in [-0.2, 0) is 17.8 Å². The molecule has 2 N–H and O–H groups in total. The molecule has 1 saturated carbocycles. The molecular formula is C15H15F2N3O2. The number of carbonyl (C=O) groups is 1. The molecular weight excluding hydrogens is 292 g/mol. The van der Waals surface area contributed by atoms with Crippen LogP contribution in [0.4, 0.5) is 14.5 Å². The summed E-state index contributed by atoms with van der Waals surface area (Å²) < 4.78 is 27.6. The molecule has 1 heterocycles. The standard InChI is InChI=1S/C15H15F2N3O2/c16-15(17)8-13(15)20-12(4-5-19-20)9-18-11-3-1-2-10(6-11)7-14(21)22/h1-6,13,18H,7-9H2,(H,21,22). The van der Waals surface area contributed by atoms with Crippen LogP contribution in [0, 0.1) is 0 Å². The molecule has 0 saturated heterocycles. The number of nitrogens with one attached hydrogen (secondary N) is 1. The van der Waals surface area contributed by atoms with E-state index in [1.165, 1.54) is 10.9 Å². The molecule has 0 bridgehead atoms. The number of hydrogen-bond acceptors (Lipinski definition) is 3. The molecule has 5 nitrogen and oxygen atoms in total. The van der Waals surface area contributed by atoms with Gasteiger partial charge in [0.1, 0.15) is 6.04 Å². The van der Waals surface area contributed by atoms with Crippen molar-refractivity contribution in [2.75, 3.05) is 5.32 Å². The number of aromatic nitrogens is 2. The van der Waals surface area contributed by atoms with E-state index in [9.17, 15) is 13.6 Å². The second-order valence-electron chi connectivity index (χ2n) is 5.37. The maximum Gasteiger partial charge on any atom is 0.307 e. The molecule has 0 aliphatic heterocycles. The summed E-state index contributed by atoms with van der Waals surface area (Å²) in [4.78, 5) is 10.7. The minimum Gasteiger partial charge on any atom is -0.481 e. The Morgan fingerprint density at radius 2 is 2.23 bits per heavy atom. The van der Waals surface area contributed by atoms with Gasteiger partial charge in [0, 0.05) is 18.3 Å². The second-order valence-corrected chi connectivity index (χ2v) is 5.37. The predicted molar refractivity (Wildman–Crippen MR) is 75.9 cm³/mol. The van der Waals surface area contributed by atoms with Crippen molar-refractivity contribution in [2.24, 2.45) is 0 Å². The summed E-state index contributed by atoms with van der Waals surface area (Å²) >= 11 is 0. The number of aliphatic carboxylic acids is 1. The average Bonchev–Trinajstić information content (AvgIpc) is 2.87. The van der Waals surface area contributed by atoms with Crippen molar-refractivity contribution in [1.29, 1.82) is 0 Å². The summed E-state index contributed by atoms with van der Waals surface area (Å²) in [5, 5.41) is 15.9. The van der Waals surface area contributed by atoms with Gasteiger partial charge in [-0.05, 0) is 23.8 Å². The van der Waals surface area contributed by atoms with Crippen LogP contribution in [0.25, 0.3) is 0 Å². The lowest BCUT2D eigenvalue weighted by Gasteiger charge is -2.10. The summed E-state index contributed by atoms with van der Waals surface area (Å²) in [6, 6.07) is 7.87. The summed E-state index contributed by atoms with van der Waals surface area (Å²) in [6.45, 7) is 0.350. The Morgan fingerprint density at radius 1 is 1.45 bits per heavy atom. The highest BCUT2D eigenvalue weighted by Gasteiger charge is 2.59. The molecule has 22 heavy (non-hydrogen) atoms. The molecule has 1 unspecified atom stereocenters. The third kappa shape index (κ3) is 3.08. The number of benzene rings is 1. The Morgan fingerprint density at radius 3 is 2.91 bits per heavy atom. The average molecular weight is 307 g/mol. The highest BCUT2D eigenvalue weighted by Crippen LogP contribution is 2.52. The first kappa shape index (κ1) is 14.5. The monoisotopic (exact) mass is 307 g/mol. The molecule has 7 heteroatoms. The molecule has 0 amide bonds. The highest BCUT2D eigenvalue weighted by molar-refractivity contribution is 5.70. The van der Waals surface area contributed by atoms with E-state index < -0.39 is 17.9 Å². The van der Waals surface area contributed by atoms with Crippen molar-refractivity contribution in [2.45, 2.75) is 31.4 Å². The fourth-order valence-electron chi connectivity index (χ4n) is 2.39. The third-order valence-electron chi connectivity index (χ3n) is 3.60. The van der Waals surface area contributed by atoms with Gasteiger partial charge in [-0.2, -0.15) is 5.10 Å². The van der Waals surface area contributed by atoms with E-state index in [1.807, 2.05) is 0 Å². The Hall–Kier alpha value is -2.44. The molecule has 1 aliphatic carbocycles.